The van der Waals surface area contributed by atoms with Crippen molar-refractivity contribution in [3.8, 4) is 0 Å². The van der Waals surface area contributed by atoms with Crippen LogP contribution in [0, 0.1) is 0 Å². The molecular weight excluding hydrogens is 182 g/mol. The van der Waals surface area contributed by atoms with Crippen LogP contribution in [0.5, 0.6) is 0 Å². The maximum atomic E-state index is 11.2. The number of aromatic amines is 1. The van der Waals surface area contributed by atoms with E-state index in [0.717, 1.165) is 5.56 Å². The lowest BCUT2D eigenvalue weighted by Gasteiger charge is -2.22. The Morgan fingerprint density at radius 2 is 2.29 bits per heavy atom. The molecule has 1 saturated heterocycles. The summed E-state index contributed by atoms with van der Waals surface area (Å²) in [5.74, 6) is 0.250. The minimum atomic E-state index is -0.365. The summed E-state index contributed by atoms with van der Waals surface area (Å²) in [6.07, 6.45) is 4.18. The van der Waals surface area contributed by atoms with Crippen molar-refractivity contribution in [3.05, 3.63) is 28.4 Å². The Morgan fingerprint density at radius 3 is 2.93 bits per heavy atom. The monoisotopic (exact) mass is 193 g/mol. The quantitative estimate of drug-likeness (QED) is 0.645. The van der Waals surface area contributed by atoms with E-state index in [4.69, 9.17) is 0 Å². The van der Waals surface area contributed by atoms with Crippen molar-refractivity contribution in [2.75, 3.05) is 6.54 Å². The molecule has 2 heterocycles. The maximum Gasteiger partial charge on any atom is 0.344 e. The van der Waals surface area contributed by atoms with Crippen molar-refractivity contribution in [1.29, 1.82) is 0 Å². The van der Waals surface area contributed by atoms with Gasteiger partial charge in [-0.05, 0) is 0 Å². The zero-order chi connectivity index (χ0) is 9.97. The van der Waals surface area contributed by atoms with Crippen molar-refractivity contribution >= 4 is 5.78 Å². The van der Waals surface area contributed by atoms with Crippen molar-refractivity contribution in [2.45, 2.75) is 18.9 Å². The van der Waals surface area contributed by atoms with E-state index in [1.54, 1.807) is 6.20 Å². The molecule has 2 N–H and O–H groups in total. The predicted octanol–water partition coefficient (Wildman–Crippen LogP) is -0.237. The van der Waals surface area contributed by atoms with Gasteiger partial charge in [0.15, 0.2) is 0 Å². The number of rotatable bonds is 1. The lowest BCUT2D eigenvalue weighted by Crippen LogP contribution is -2.32. The number of nitrogens with zero attached hydrogens (tertiary/aromatic N) is 1. The smallest absolute Gasteiger partial charge is 0.312 e. The highest BCUT2D eigenvalue weighted by atomic mass is 16.1. The third-order valence-electron chi connectivity index (χ3n) is 2.32. The zero-order valence-corrected chi connectivity index (χ0v) is 7.62. The van der Waals surface area contributed by atoms with Crippen LogP contribution < -0.4 is 11.0 Å². The summed E-state index contributed by atoms with van der Waals surface area (Å²) >= 11 is 0. The second-order valence-electron chi connectivity index (χ2n) is 3.35. The molecule has 5 nitrogen and oxygen atoms in total. The lowest BCUT2D eigenvalue weighted by atomic mass is 9.99. The first-order chi connectivity index (χ1) is 6.75. The van der Waals surface area contributed by atoms with Gasteiger partial charge in [0.2, 0.25) is 0 Å². The Labute approximate surface area is 80.6 Å². The molecule has 0 radical (unpaired) electrons. The summed E-state index contributed by atoms with van der Waals surface area (Å²) in [6, 6.07) is 0.000556. The van der Waals surface area contributed by atoms with Crippen LogP contribution in [0.1, 0.15) is 24.4 Å². The Balaban J connectivity index is 2.18. The molecule has 14 heavy (non-hydrogen) atoms. The van der Waals surface area contributed by atoms with E-state index in [0.29, 0.717) is 19.4 Å². The Bertz CT molecular complexity index is 379. The molecule has 1 fully saturated rings. The van der Waals surface area contributed by atoms with Gasteiger partial charge in [-0.25, -0.2) is 9.78 Å². The van der Waals surface area contributed by atoms with Crippen LogP contribution in [0.25, 0.3) is 0 Å². The van der Waals surface area contributed by atoms with E-state index in [1.165, 1.54) is 6.20 Å². The number of Topliss-reactive ketones (excluding diaryl/α,β-unsaturated/α-hetero) is 1. The average molecular weight is 193 g/mol. The van der Waals surface area contributed by atoms with Gasteiger partial charge in [-0.15, -0.1) is 0 Å². The SMILES string of the molecule is O=C1CCNC(c2cnc(=O)[nH]c2)C1. The fourth-order valence-corrected chi connectivity index (χ4v) is 1.57. The molecular formula is C9H11N3O2. The Kier molecular flexibility index (Phi) is 2.41. The molecule has 1 aliphatic heterocycles. The van der Waals surface area contributed by atoms with Gasteiger partial charge in [0.1, 0.15) is 5.78 Å². The topological polar surface area (TPSA) is 74.8 Å². The summed E-state index contributed by atoms with van der Waals surface area (Å²) in [4.78, 5) is 28.0. The summed E-state index contributed by atoms with van der Waals surface area (Å²) in [7, 11) is 0. The van der Waals surface area contributed by atoms with E-state index in [1.807, 2.05) is 0 Å². The fourth-order valence-electron chi connectivity index (χ4n) is 1.57. The van der Waals surface area contributed by atoms with E-state index < -0.39 is 0 Å². The molecule has 0 aromatic carbocycles. The summed E-state index contributed by atoms with van der Waals surface area (Å²) in [5, 5.41) is 3.20. The number of H-pyrrole nitrogens is 1. The molecule has 1 aromatic heterocycles. The number of carbonyl (C=O) groups is 1. The molecule has 0 bridgehead atoms. The van der Waals surface area contributed by atoms with Crippen molar-refractivity contribution in [3.63, 3.8) is 0 Å². The lowest BCUT2D eigenvalue weighted by molar-refractivity contribution is -0.120. The molecule has 0 saturated carbocycles. The third-order valence-corrected chi connectivity index (χ3v) is 2.32. The first-order valence-electron chi connectivity index (χ1n) is 4.55. The van der Waals surface area contributed by atoms with E-state index in [2.05, 4.69) is 15.3 Å². The normalized spacial score (nSPS) is 22.3. The van der Waals surface area contributed by atoms with Gasteiger partial charge in [0.05, 0.1) is 0 Å². The Hall–Kier alpha value is -1.49. The molecule has 1 aromatic rings. The van der Waals surface area contributed by atoms with Gasteiger partial charge in [-0.1, -0.05) is 0 Å². The van der Waals surface area contributed by atoms with Crippen molar-refractivity contribution in [2.24, 2.45) is 0 Å². The maximum absolute atomic E-state index is 11.2. The van der Waals surface area contributed by atoms with Crippen molar-refractivity contribution in [1.82, 2.24) is 15.3 Å². The summed E-state index contributed by atoms with van der Waals surface area (Å²) in [5.41, 5.74) is 0.494. The summed E-state index contributed by atoms with van der Waals surface area (Å²) < 4.78 is 0. The van der Waals surface area contributed by atoms with Crippen molar-refractivity contribution < 1.29 is 4.79 Å². The fraction of sp³-hybridized carbons (Fsp3) is 0.444. The number of hydrogen-bond acceptors (Lipinski definition) is 4. The third kappa shape index (κ3) is 1.88. The minimum absolute atomic E-state index is 0.000556. The standard InChI is InChI=1S/C9H11N3O2/c13-7-1-2-10-8(3-7)6-4-11-9(14)12-5-6/h4-5,8,10H,1-3H2,(H,11,12,14). The highest BCUT2D eigenvalue weighted by Crippen LogP contribution is 2.18. The van der Waals surface area contributed by atoms with Gasteiger partial charge in [-0.2, -0.15) is 0 Å². The van der Waals surface area contributed by atoms with Gasteiger partial charge in [-0.3, -0.25) is 4.79 Å². The number of piperidine rings is 1. The minimum Gasteiger partial charge on any atom is -0.312 e. The van der Waals surface area contributed by atoms with Gasteiger partial charge < -0.3 is 10.3 Å². The van der Waals surface area contributed by atoms with Crippen LogP contribution in [-0.2, 0) is 4.79 Å². The van der Waals surface area contributed by atoms with Gasteiger partial charge in [0, 0.05) is 43.4 Å². The molecule has 2 rings (SSSR count). The molecule has 5 heteroatoms. The molecule has 1 unspecified atom stereocenters. The van der Waals surface area contributed by atoms with Crippen LogP contribution in [0.4, 0.5) is 0 Å². The Morgan fingerprint density at radius 1 is 1.43 bits per heavy atom. The molecule has 0 aliphatic carbocycles. The van der Waals surface area contributed by atoms with Crippen LogP contribution in [0.15, 0.2) is 17.2 Å². The highest BCUT2D eigenvalue weighted by molar-refractivity contribution is 5.80. The number of nitrogens with one attached hydrogen (secondary N) is 2. The second-order valence-corrected chi connectivity index (χ2v) is 3.35. The second kappa shape index (κ2) is 3.71. The molecule has 74 valence electrons. The molecule has 1 atom stereocenters. The summed E-state index contributed by atoms with van der Waals surface area (Å²) in [6.45, 7) is 0.697. The van der Waals surface area contributed by atoms with Crippen LogP contribution in [0.2, 0.25) is 0 Å². The predicted molar refractivity (Wildman–Crippen MR) is 49.8 cm³/mol. The van der Waals surface area contributed by atoms with Gasteiger partial charge in [0.25, 0.3) is 0 Å². The van der Waals surface area contributed by atoms with Crippen LogP contribution in [0.3, 0.4) is 0 Å². The van der Waals surface area contributed by atoms with Crippen LogP contribution >= 0.6 is 0 Å². The molecule has 0 spiro atoms. The van der Waals surface area contributed by atoms with Crippen LogP contribution in [-0.4, -0.2) is 22.3 Å². The molecule has 1 aliphatic rings. The number of hydrogen-bond donors (Lipinski definition) is 2. The highest BCUT2D eigenvalue weighted by Gasteiger charge is 2.20. The van der Waals surface area contributed by atoms with Gasteiger partial charge >= 0.3 is 5.69 Å². The first kappa shape index (κ1) is 9.08. The average Bonchev–Trinajstić information content (AvgIpc) is 2.19. The van der Waals surface area contributed by atoms with E-state index in [9.17, 15) is 9.59 Å². The number of aromatic nitrogens is 2. The first-order valence-corrected chi connectivity index (χ1v) is 4.55. The van der Waals surface area contributed by atoms with E-state index in [-0.39, 0.29) is 17.5 Å². The number of carbonyl (C=O) groups excluding carboxylic acids is 1. The molecule has 0 amide bonds. The zero-order valence-electron chi connectivity index (χ0n) is 7.62. The largest absolute Gasteiger partial charge is 0.344 e. The van der Waals surface area contributed by atoms with E-state index >= 15 is 0 Å². The number of ketones is 1.